The van der Waals surface area contributed by atoms with Crippen LogP contribution in [0.5, 0.6) is 5.75 Å². The number of hydrogen-bond acceptors (Lipinski definition) is 4. The van der Waals surface area contributed by atoms with Gasteiger partial charge in [-0.1, -0.05) is 24.6 Å². The van der Waals surface area contributed by atoms with Crippen LogP contribution in [0.4, 0.5) is 0 Å². The number of benzene rings is 1. The van der Waals surface area contributed by atoms with Crippen LogP contribution >= 0.6 is 12.4 Å². The minimum Gasteiger partial charge on any atom is -0.484 e. The van der Waals surface area contributed by atoms with E-state index in [-0.39, 0.29) is 43.4 Å². The molecule has 7 heteroatoms. The summed E-state index contributed by atoms with van der Waals surface area (Å²) in [5.74, 6) is 0.471. The SMILES string of the molecule is Cl.NCC1CCCC1NC(=O)CNC(=O)COc1ccccc1. The number of hydrogen-bond donors (Lipinski definition) is 3. The van der Waals surface area contributed by atoms with E-state index in [9.17, 15) is 9.59 Å². The fraction of sp³-hybridized carbons (Fsp3) is 0.500. The molecule has 1 saturated carbocycles. The summed E-state index contributed by atoms with van der Waals surface area (Å²) in [5, 5.41) is 5.49. The van der Waals surface area contributed by atoms with Crippen molar-refractivity contribution in [2.45, 2.75) is 25.3 Å². The van der Waals surface area contributed by atoms with Crippen LogP contribution in [-0.4, -0.2) is 37.6 Å². The summed E-state index contributed by atoms with van der Waals surface area (Å²) >= 11 is 0. The van der Waals surface area contributed by atoms with E-state index in [1.165, 1.54) is 0 Å². The van der Waals surface area contributed by atoms with Crippen molar-refractivity contribution in [3.63, 3.8) is 0 Å². The molecular formula is C16H24ClN3O3. The number of para-hydroxylation sites is 1. The Hall–Kier alpha value is -1.79. The zero-order valence-electron chi connectivity index (χ0n) is 13.0. The molecule has 1 aliphatic rings. The zero-order valence-corrected chi connectivity index (χ0v) is 13.8. The first-order valence-electron chi connectivity index (χ1n) is 7.63. The Morgan fingerprint density at radius 2 is 1.91 bits per heavy atom. The molecule has 128 valence electrons. The van der Waals surface area contributed by atoms with E-state index in [0.717, 1.165) is 19.3 Å². The lowest BCUT2D eigenvalue weighted by atomic mass is 10.0. The predicted octanol–water partition coefficient (Wildman–Crippen LogP) is 0.847. The van der Waals surface area contributed by atoms with E-state index in [0.29, 0.717) is 18.2 Å². The summed E-state index contributed by atoms with van der Waals surface area (Å²) in [6, 6.07) is 9.20. The van der Waals surface area contributed by atoms with Crippen molar-refractivity contribution >= 4 is 24.2 Å². The molecular weight excluding hydrogens is 318 g/mol. The van der Waals surface area contributed by atoms with Gasteiger partial charge in [-0.05, 0) is 37.4 Å². The van der Waals surface area contributed by atoms with Crippen LogP contribution in [0, 0.1) is 5.92 Å². The molecule has 4 N–H and O–H groups in total. The fourth-order valence-corrected chi connectivity index (χ4v) is 2.66. The molecule has 2 amide bonds. The smallest absolute Gasteiger partial charge is 0.258 e. The first-order chi connectivity index (χ1) is 10.7. The molecule has 0 spiro atoms. The monoisotopic (exact) mass is 341 g/mol. The van der Waals surface area contributed by atoms with Crippen molar-refractivity contribution in [2.75, 3.05) is 19.7 Å². The Morgan fingerprint density at radius 1 is 1.17 bits per heavy atom. The molecule has 1 aliphatic carbocycles. The summed E-state index contributed by atoms with van der Waals surface area (Å²) in [7, 11) is 0. The van der Waals surface area contributed by atoms with Gasteiger partial charge in [0.15, 0.2) is 6.61 Å². The zero-order chi connectivity index (χ0) is 15.8. The lowest BCUT2D eigenvalue weighted by molar-refractivity contribution is -0.127. The van der Waals surface area contributed by atoms with Crippen LogP contribution in [0.25, 0.3) is 0 Å². The predicted molar refractivity (Wildman–Crippen MR) is 90.5 cm³/mol. The molecule has 23 heavy (non-hydrogen) atoms. The van der Waals surface area contributed by atoms with Crippen LogP contribution in [0.15, 0.2) is 30.3 Å². The average molecular weight is 342 g/mol. The molecule has 2 rings (SSSR count). The summed E-state index contributed by atoms with van der Waals surface area (Å²) in [5.41, 5.74) is 5.68. The van der Waals surface area contributed by atoms with Crippen molar-refractivity contribution in [2.24, 2.45) is 11.7 Å². The molecule has 2 atom stereocenters. The first kappa shape index (κ1) is 19.3. The van der Waals surface area contributed by atoms with Gasteiger partial charge in [-0.25, -0.2) is 0 Å². The van der Waals surface area contributed by atoms with Crippen LogP contribution in [0.3, 0.4) is 0 Å². The van der Waals surface area contributed by atoms with Gasteiger partial charge < -0.3 is 21.1 Å². The number of nitrogens with two attached hydrogens (primary N) is 1. The van der Waals surface area contributed by atoms with E-state index in [4.69, 9.17) is 10.5 Å². The number of carbonyl (C=O) groups is 2. The largest absolute Gasteiger partial charge is 0.484 e. The number of nitrogens with one attached hydrogen (secondary N) is 2. The minimum atomic E-state index is -0.319. The lowest BCUT2D eigenvalue weighted by Crippen LogP contribution is -2.45. The van der Waals surface area contributed by atoms with Crippen molar-refractivity contribution in [3.8, 4) is 5.75 Å². The van der Waals surface area contributed by atoms with Gasteiger partial charge in [0.2, 0.25) is 5.91 Å². The minimum absolute atomic E-state index is 0. The van der Waals surface area contributed by atoms with Gasteiger partial charge in [0.25, 0.3) is 5.91 Å². The number of carbonyl (C=O) groups excluding carboxylic acids is 2. The van der Waals surface area contributed by atoms with E-state index >= 15 is 0 Å². The molecule has 6 nitrogen and oxygen atoms in total. The fourth-order valence-electron chi connectivity index (χ4n) is 2.66. The number of rotatable bonds is 7. The maximum atomic E-state index is 11.8. The van der Waals surface area contributed by atoms with Gasteiger partial charge in [-0.3, -0.25) is 9.59 Å². The topological polar surface area (TPSA) is 93.5 Å². The van der Waals surface area contributed by atoms with Crippen molar-refractivity contribution in [3.05, 3.63) is 30.3 Å². The van der Waals surface area contributed by atoms with Crippen molar-refractivity contribution in [1.29, 1.82) is 0 Å². The molecule has 0 radical (unpaired) electrons. The second-order valence-corrected chi connectivity index (χ2v) is 5.48. The van der Waals surface area contributed by atoms with Gasteiger partial charge in [-0.2, -0.15) is 0 Å². The molecule has 1 fully saturated rings. The summed E-state index contributed by atoms with van der Waals surface area (Å²) in [4.78, 5) is 23.5. The first-order valence-corrected chi connectivity index (χ1v) is 7.63. The number of ether oxygens (including phenoxy) is 1. The highest BCUT2D eigenvalue weighted by Crippen LogP contribution is 2.24. The highest BCUT2D eigenvalue weighted by atomic mass is 35.5. The van der Waals surface area contributed by atoms with Gasteiger partial charge in [0.05, 0.1) is 6.54 Å². The van der Waals surface area contributed by atoms with Gasteiger partial charge in [-0.15, -0.1) is 12.4 Å². The van der Waals surface area contributed by atoms with E-state index in [2.05, 4.69) is 10.6 Å². The van der Waals surface area contributed by atoms with Crippen LogP contribution in [-0.2, 0) is 9.59 Å². The van der Waals surface area contributed by atoms with Crippen LogP contribution in [0.1, 0.15) is 19.3 Å². The van der Waals surface area contributed by atoms with E-state index < -0.39 is 0 Å². The Balaban J connectivity index is 0.00000264. The molecule has 1 aromatic carbocycles. The highest BCUT2D eigenvalue weighted by Gasteiger charge is 2.27. The molecule has 0 aliphatic heterocycles. The second kappa shape index (κ2) is 10.1. The molecule has 1 aromatic rings. The number of halogens is 1. The van der Waals surface area contributed by atoms with Crippen molar-refractivity contribution < 1.29 is 14.3 Å². The number of amides is 2. The maximum Gasteiger partial charge on any atom is 0.258 e. The van der Waals surface area contributed by atoms with Crippen LogP contribution in [0.2, 0.25) is 0 Å². The van der Waals surface area contributed by atoms with Gasteiger partial charge >= 0.3 is 0 Å². The quantitative estimate of drug-likeness (QED) is 0.685. The molecule has 0 aromatic heterocycles. The normalized spacial score (nSPS) is 19.5. The van der Waals surface area contributed by atoms with Crippen LogP contribution < -0.4 is 21.1 Å². The summed E-state index contributed by atoms with van der Waals surface area (Å²) < 4.78 is 5.31. The van der Waals surface area contributed by atoms with E-state index in [1.807, 2.05) is 18.2 Å². The summed E-state index contributed by atoms with van der Waals surface area (Å²) in [6.45, 7) is 0.444. The lowest BCUT2D eigenvalue weighted by Gasteiger charge is -2.19. The Bertz CT molecular complexity index is 499. The van der Waals surface area contributed by atoms with Gasteiger partial charge in [0.1, 0.15) is 5.75 Å². The Labute approximate surface area is 142 Å². The molecule has 0 bridgehead atoms. The Kier molecular flexibility index (Phi) is 8.43. The highest BCUT2D eigenvalue weighted by molar-refractivity contribution is 5.85. The second-order valence-electron chi connectivity index (χ2n) is 5.48. The average Bonchev–Trinajstić information content (AvgIpc) is 2.99. The standard InChI is InChI=1S/C16H23N3O3.ClH/c17-9-12-5-4-8-14(12)19-15(20)10-18-16(21)11-22-13-6-2-1-3-7-13;/h1-3,6-7,12,14H,4-5,8-11,17H2,(H,18,21)(H,19,20);1H. The summed E-state index contributed by atoms with van der Waals surface area (Å²) in [6.07, 6.45) is 3.10. The molecule has 0 heterocycles. The van der Waals surface area contributed by atoms with Crippen molar-refractivity contribution in [1.82, 2.24) is 10.6 Å². The van der Waals surface area contributed by atoms with E-state index in [1.54, 1.807) is 12.1 Å². The van der Waals surface area contributed by atoms with Gasteiger partial charge in [0, 0.05) is 6.04 Å². The third-order valence-electron chi connectivity index (χ3n) is 3.87. The maximum absolute atomic E-state index is 11.8. The molecule has 2 unspecified atom stereocenters. The third-order valence-corrected chi connectivity index (χ3v) is 3.87. The Morgan fingerprint density at radius 3 is 2.61 bits per heavy atom. The molecule has 0 saturated heterocycles. The third kappa shape index (κ3) is 6.46.